The molecule has 0 aromatic carbocycles. The normalized spacial score (nSPS) is 13.5. The molecule has 0 heterocycles. The minimum absolute atomic E-state index is 0.110. The van der Waals surface area contributed by atoms with Gasteiger partial charge in [-0.25, -0.2) is 0 Å². The molecule has 14 heavy (non-hydrogen) atoms. The Morgan fingerprint density at radius 3 is 2.07 bits per heavy atom. The van der Waals surface area contributed by atoms with E-state index in [9.17, 15) is 0 Å². The molecule has 86 valence electrons. The van der Waals surface area contributed by atoms with Crippen LogP contribution in [0.15, 0.2) is 0 Å². The first-order chi connectivity index (χ1) is 6.76. The third-order valence-corrected chi connectivity index (χ3v) is 3.23. The van der Waals surface area contributed by atoms with Gasteiger partial charge in [-0.1, -0.05) is 55.0 Å². The van der Waals surface area contributed by atoms with Crippen molar-refractivity contribution in [2.24, 2.45) is 0 Å². The van der Waals surface area contributed by atoms with Gasteiger partial charge in [0.1, 0.15) is 0 Å². The molecule has 0 saturated carbocycles. The lowest BCUT2D eigenvalue weighted by molar-refractivity contribution is -0.101. The zero-order chi connectivity index (χ0) is 10.8. The molecule has 0 aliphatic rings. The first-order valence-electron chi connectivity index (χ1n) is 5.45. The Hall–Kier alpha value is 0.400. The summed E-state index contributed by atoms with van der Waals surface area (Å²) in [5.74, 6) is 0. The Morgan fingerprint density at radius 2 is 1.57 bits per heavy atom. The fourth-order valence-electron chi connectivity index (χ4n) is 1.47. The minimum atomic E-state index is -0.110. The Bertz CT molecular complexity index is 116. The average molecular weight is 267 g/mol. The molecule has 0 aromatic rings. The molecule has 0 N–H and O–H groups in total. The topological polar surface area (TPSA) is 18.5 Å². The van der Waals surface area contributed by atoms with Gasteiger partial charge in [-0.2, -0.15) is 0 Å². The third kappa shape index (κ3) is 6.80. The van der Waals surface area contributed by atoms with E-state index in [-0.39, 0.29) is 6.29 Å². The SMILES string of the molecule is CCCCCCCC(Br)C(OC)OC. The van der Waals surface area contributed by atoms with E-state index < -0.39 is 0 Å². The van der Waals surface area contributed by atoms with Crippen molar-refractivity contribution >= 4 is 15.9 Å². The van der Waals surface area contributed by atoms with Crippen molar-refractivity contribution in [3.63, 3.8) is 0 Å². The second kappa shape index (κ2) is 9.94. The van der Waals surface area contributed by atoms with Crippen LogP contribution in [0.3, 0.4) is 0 Å². The number of hydrogen-bond donors (Lipinski definition) is 0. The maximum Gasteiger partial charge on any atom is 0.169 e. The molecule has 0 spiro atoms. The van der Waals surface area contributed by atoms with Crippen LogP contribution in [0.2, 0.25) is 0 Å². The van der Waals surface area contributed by atoms with E-state index in [1.54, 1.807) is 14.2 Å². The van der Waals surface area contributed by atoms with Gasteiger partial charge in [0.25, 0.3) is 0 Å². The van der Waals surface area contributed by atoms with Crippen molar-refractivity contribution in [3.05, 3.63) is 0 Å². The highest BCUT2D eigenvalue weighted by molar-refractivity contribution is 9.09. The summed E-state index contributed by atoms with van der Waals surface area (Å²) in [6, 6.07) is 0. The van der Waals surface area contributed by atoms with Gasteiger partial charge >= 0.3 is 0 Å². The summed E-state index contributed by atoms with van der Waals surface area (Å²) in [4.78, 5) is 0.319. The second-order valence-electron chi connectivity index (χ2n) is 3.56. The number of alkyl halides is 1. The van der Waals surface area contributed by atoms with E-state index in [2.05, 4.69) is 22.9 Å². The van der Waals surface area contributed by atoms with Crippen LogP contribution in [0, 0.1) is 0 Å². The van der Waals surface area contributed by atoms with Crippen LogP contribution in [0.4, 0.5) is 0 Å². The minimum Gasteiger partial charge on any atom is -0.355 e. The Morgan fingerprint density at radius 1 is 1.00 bits per heavy atom. The molecule has 0 aromatic heterocycles. The molecule has 0 aliphatic carbocycles. The Labute approximate surface area is 96.5 Å². The summed E-state index contributed by atoms with van der Waals surface area (Å²) >= 11 is 3.58. The molecule has 1 atom stereocenters. The summed E-state index contributed by atoms with van der Waals surface area (Å²) in [5, 5.41) is 0. The number of ether oxygens (including phenoxy) is 2. The monoisotopic (exact) mass is 266 g/mol. The number of unbranched alkanes of at least 4 members (excludes halogenated alkanes) is 4. The number of halogens is 1. The first-order valence-corrected chi connectivity index (χ1v) is 6.37. The molecule has 0 rings (SSSR count). The fraction of sp³-hybridized carbons (Fsp3) is 1.00. The standard InChI is InChI=1S/C11H23BrO2/c1-4-5-6-7-8-9-10(12)11(13-2)14-3/h10-11H,4-9H2,1-3H3. The van der Waals surface area contributed by atoms with Crippen molar-refractivity contribution in [1.82, 2.24) is 0 Å². The van der Waals surface area contributed by atoms with E-state index in [4.69, 9.17) is 9.47 Å². The molecule has 0 amide bonds. The number of rotatable bonds is 9. The van der Waals surface area contributed by atoms with E-state index in [0.29, 0.717) is 4.83 Å². The van der Waals surface area contributed by atoms with Crippen molar-refractivity contribution < 1.29 is 9.47 Å². The average Bonchev–Trinajstić information content (AvgIpc) is 2.19. The molecule has 0 fully saturated rings. The molecular weight excluding hydrogens is 244 g/mol. The second-order valence-corrected chi connectivity index (χ2v) is 4.73. The van der Waals surface area contributed by atoms with Crippen LogP contribution in [-0.4, -0.2) is 25.3 Å². The maximum atomic E-state index is 5.17. The van der Waals surface area contributed by atoms with Crippen molar-refractivity contribution in [2.45, 2.75) is 56.6 Å². The Balaban J connectivity index is 3.37. The molecule has 3 heteroatoms. The van der Waals surface area contributed by atoms with Gasteiger partial charge in [-0.3, -0.25) is 0 Å². The highest BCUT2D eigenvalue weighted by atomic mass is 79.9. The third-order valence-electron chi connectivity index (χ3n) is 2.34. The van der Waals surface area contributed by atoms with Crippen molar-refractivity contribution in [3.8, 4) is 0 Å². The van der Waals surface area contributed by atoms with Gasteiger partial charge in [0.15, 0.2) is 6.29 Å². The molecule has 0 aliphatic heterocycles. The lowest BCUT2D eigenvalue weighted by Crippen LogP contribution is -2.24. The summed E-state index contributed by atoms with van der Waals surface area (Å²) in [6.45, 7) is 2.24. The van der Waals surface area contributed by atoms with Gasteiger partial charge in [-0.05, 0) is 6.42 Å². The van der Waals surface area contributed by atoms with Gasteiger partial charge in [0.2, 0.25) is 0 Å². The zero-order valence-electron chi connectivity index (χ0n) is 9.59. The van der Waals surface area contributed by atoms with Crippen LogP contribution in [0.1, 0.15) is 45.4 Å². The van der Waals surface area contributed by atoms with Gasteiger partial charge in [0, 0.05) is 14.2 Å². The highest BCUT2D eigenvalue weighted by Gasteiger charge is 2.16. The lowest BCUT2D eigenvalue weighted by Gasteiger charge is -2.19. The van der Waals surface area contributed by atoms with Crippen LogP contribution in [-0.2, 0) is 9.47 Å². The molecule has 0 radical (unpaired) electrons. The predicted octanol–water partition coefficient (Wildman–Crippen LogP) is 3.73. The first kappa shape index (κ1) is 14.4. The summed E-state index contributed by atoms with van der Waals surface area (Å²) < 4.78 is 10.3. The van der Waals surface area contributed by atoms with Crippen LogP contribution in [0.25, 0.3) is 0 Å². The highest BCUT2D eigenvalue weighted by Crippen LogP contribution is 2.18. The van der Waals surface area contributed by atoms with Crippen molar-refractivity contribution in [1.29, 1.82) is 0 Å². The zero-order valence-corrected chi connectivity index (χ0v) is 11.2. The molecule has 0 saturated heterocycles. The smallest absolute Gasteiger partial charge is 0.169 e. The van der Waals surface area contributed by atoms with E-state index in [1.807, 2.05) is 0 Å². The summed E-state index contributed by atoms with van der Waals surface area (Å²) in [6.07, 6.45) is 7.58. The summed E-state index contributed by atoms with van der Waals surface area (Å²) in [5.41, 5.74) is 0. The largest absolute Gasteiger partial charge is 0.355 e. The maximum absolute atomic E-state index is 5.17. The molecular formula is C11H23BrO2. The lowest BCUT2D eigenvalue weighted by atomic mass is 10.1. The van der Waals surface area contributed by atoms with Gasteiger partial charge < -0.3 is 9.47 Å². The van der Waals surface area contributed by atoms with Gasteiger partial charge in [-0.15, -0.1) is 0 Å². The molecule has 2 nitrogen and oxygen atoms in total. The predicted molar refractivity (Wildman–Crippen MR) is 63.9 cm³/mol. The van der Waals surface area contributed by atoms with Crippen LogP contribution < -0.4 is 0 Å². The quantitative estimate of drug-likeness (QED) is 0.360. The Kier molecular flexibility index (Phi) is 10.2. The van der Waals surface area contributed by atoms with Crippen LogP contribution >= 0.6 is 15.9 Å². The van der Waals surface area contributed by atoms with E-state index >= 15 is 0 Å². The number of methoxy groups -OCH3 is 2. The van der Waals surface area contributed by atoms with Crippen LogP contribution in [0.5, 0.6) is 0 Å². The van der Waals surface area contributed by atoms with Crippen molar-refractivity contribution in [2.75, 3.05) is 14.2 Å². The summed E-state index contributed by atoms with van der Waals surface area (Å²) in [7, 11) is 3.36. The van der Waals surface area contributed by atoms with Gasteiger partial charge in [0.05, 0.1) is 4.83 Å². The fourth-order valence-corrected chi connectivity index (χ4v) is 2.23. The van der Waals surface area contributed by atoms with E-state index in [0.717, 1.165) is 6.42 Å². The molecule has 0 bridgehead atoms. The molecule has 1 unspecified atom stereocenters. The number of hydrogen-bond acceptors (Lipinski definition) is 2. The van der Waals surface area contributed by atoms with E-state index in [1.165, 1.54) is 32.1 Å².